The molecule has 0 saturated heterocycles. The third kappa shape index (κ3) is 2.01. The summed E-state index contributed by atoms with van der Waals surface area (Å²) in [4.78, 5) is 11.9. The molecule has 16 heavy (non-hydrogen) atoms. The Kier molecular flexibility index (Phi) is 3.08. The summed E-state index contributed by atoms with van der Waals surface area (Å²) < 4.78 is 6.91. The highest BCUT2D eigenvalue weighted by atomic mass is 16.5. The van der Waals surface area contributed by atoms with E-state index in [1.54, 1.807) is 4.70 Å². The average molecular weight is 222 g/mol. The van der Waals surface area contributed by atoms with Gasteiger partial charge in [-0.2, -0.15) is 0 Å². The van der Waals surface area contributed by atoms with Gasteiger partial charge in [-0.25, -0.2) is 4.79 Å². The zero-order valence-electron chi connectivity index (χ0n) is 10.1. The quantitative estimate of drug-likeness (QED) is 0.543. The maximum absolute atomic E-state index is 11.9. The fourth-order valence-corrected chi connectivity index (χ4v) is 2.09. The number of ether oxygens (including phenoxy) is 1. The standard InChI is InChI=1S/C12H18N2O2/c1-8(2)7-16-12(15)11-9-5-4-6-10(9)13-14(11)3/h8H,4-7H2,1-3H3/q+1. The van der Waals surface area contributed by atoms with E-state index in [1.807, 2.05) is 20.9 Å². The van der Waals surface area contributed by atoms with Crippen LogP contribution in [0.2, 0.25) is 0 Å². The van der Waals surface area contributed by atoms with Crippen molar-refractivity contribution in [1.29, 1.82) is 0 Å². The number of hydrogen-bond donors (Lipinski definition) is 0. The van der Waals surface area contributed by atoms with E-state index in [4.69, 9.17) is 4.74 Å². The van der Waals surface area contributed by atoms with Gasteiger partial charge in [-0.3, -0.25) is 0 Å². The second-order valence-corrected chi connectivity index (χ2v) is 4.74. The Balaban J connectivity index is 2.10. The van der Waals surface area contributed by atoms with Gasteiger partial charge in [-0.05, 0) is 30.3 Å². The van der Waals surface area contributed by atoms with Gasteiger partial charge in [0.1, 0.15) is 0 Å². The predicted octanol–water partition coefficient (Wildman–Crippen LogP) is 2.26. The molecular weight excluding hydrogens is 204 g/mol. The summed E-state index contributed by atoms with van der Waals surface area (Å²) in [6.07, 6.45) is 3.04. The molecule has 1 aliphatic carbocycles. The highest BCUT2D eigenvalue weighted by Gasteiger charge is 2.42. The van der Waals surface area contributed by atoms with Gasteiger partial charge in [0.25, 0.3) is 0 Å². The molecule has 2 rings (SSSR count). The van der Waals surface area contributed by atoms with Crippen LogP contribution >= 0.6 is 0 Å². The van der Waals surface area contributed by atoms with Gasteiger partial charge in [0.05, 0.1) is 6.61 Å². The molecule has 0 N–H and O–H groups in total. The second kappa shape index (κ2) is 4.36. The van der Waals surface area contributed by atoms with Gasteiger partial charge >= 0.3 is 11.7 Å². The Morgan fingerprint density at radius 3 is 2.94 bits per heavy atom. The van der Waals surface area contributed by atoms with Crippen molar-refractivity contribution in [2.24, 2.45) is 11.0 Å². The first-order valence-corrected chi connectivity index (χ1v) is 5.81. The van der Waals surface area contributed by atoms with Gasteiger partial charge in [0.2, 0.25) is 0 Å². The van der Waals surface area contributed by atoms with Crippen LogP contribution < -0.4 is 0 Å². The molecule has 0 aromatic rings. The molecule has 1 aliphatic heterocycles. The molecular formula is C12H18N2O2+. The van der Waals surface area contributed by atoms with Gasteiger partial charge in [0.15, 0.2) is 13.1 Å². The van der Waals surface area contributed by atoms with E-state index >= 15 is 0 Å². The lowest BCUT2D eigenvalue weighted by atomic mass is 10.1. The van der Waals surface area contributed by atoms with E-state index < -0.39 is 0 Å². The van der Waals surface area contributed by atoms with E-state index in [0.29, 0.717) is 18.2 Å². The summed E-state index contributed by atoms with van der Waals surface area (Å²) in [5.41, 5.74) is 1.74. The lowest BCUT2D eigenvalue weighted by molar-refractivity contribution is -0.506. The third-order valence-electron chi connectivity index (χ3n) is 2.81. The normalized spacial score (nSPS) is 20.4. The molecule has 1 saturated carbocycles. The number of carbonyl (C=O) groups excluding carboxylic acids is 1. The van der Waals surface area contributed by atoms with Gasteiger partial charge in [0, 0.05) is 5.57 Å². The van der Waals surface area contributed by atoms with E-state index in [0.717, 1.165) is 30.9 Å². The number of likely N-dealkylation sites (N-methyl/N-ethyl adjacent to an activating group) is 1. The number of azo groups is 2. The van der Waals surface area contributed by atoms with Crippen molar-refractivity contribution in [2.45, 2.75) is 33.1 Å². The molecule has 0 atom stereocenters. The molecule has 0 aromatic carbocycles. The molecule has 0 aromatic heterocycles. The molecule has 4 heteroatoms. The Morgan fingerprint density at radius 2 is 2.25 bits per heavy atom. The van der Waals surface area contributed by atoms with Crippen molar-refractivity contribution >= 4 is 5.97 Å². The van der Waals surface area contributed by atoms with Crippen LogP contribution in [0.25, 0.3) is 0 Å². The molecule has 4 nitrogen and oxygen atoms in total. The Morgan fingerprint density at radius 1 is 1.50 bits per heavy atom. The molecule has 2 aliphatic rings. The van der Waals surface area contributed by atoms with Crippen LogP contribution in [0.5, 0.6) is 0 Å². The van der Waals surface area contributed by atoms with Crippen LogP contribution in [-0.4, -0.2) is 24.3 Å². The maximum Gasteiger partial charge on any atom is 0.406 e. The maximum atomic E-state index is 11.9. The molecule has 1 radical (unpaired) electrons. The van der Waals surface area contributed by atoms with E-state index in [1.165, 1.54) is 0 Å². The predicted molar refractivity (Wildman–Crippen MR) is 58.5 cm³/mol. The van der Waals surface area contributed by atoms with Gasteiger partial charge < -0.3 is 4.74 Å². The van der Waals surface area contributed by atoms with Crippen molar-refractivity contribution in [3.63, 3.8) is 0 Å². The smallest absolute Gasteiger partial charge is 0.406 e. The molecule has 1 heterocycles. The highest BCUT2D eigenvalue weighted by molar-refractivity contribution is 5.87. The van der Waals surface area contributed by atoms with E-state index in [-0.39, 0.29) is 5.97 Å². The first-order valence-electron chi connectivity index (χ1n) is 5.81. The van der Waals surface area contributed by atoms with Crippen molar-refractivity contribution in [2.75, 3.05) is 13.7 Å². The van der Waals surface area contributed by atoms with Crippen LogP contribution in [0, 0.1) is 12.0 Å². The van der Waals surface area contributed by atoms with Crippen LogP contribution in [-0.2, 0) is 9.53 Å². The number of nitrogens with zero attached hydrogens (tertiary/aromatic N) is 2. The van der Waals surface area contributed by atoms with Crippen LogP contribution in [0.1, 0.15) is 33.1 Å². The summed E-state index contributed by atoms with van der Waals surface area (Å²) in [5, 5.41) is 4.36. The topological polar surface area (TPSA) is 41.7 Å². The van der Waals surface area contributed by atoms with Crippen LogP contribution in [0.4, 0.5) is 0 Å². The van der Waals surface area contributed by atoms with E-state index in [2.05, 4.69) is 5.11 Å². The first kappa shape index (κ1) is 11.3. The molecule has 0 unspecified atom stereocenters. The Bertz CT molecular complexity index is 369. The summed E-state index contributed by atoms with van der Waals surface area (Å²) in [7, 11) is 1.81. The minimum atomic E-state index is -0.230. The number of esters is 1. The van der Waals surface area contributed by atoms with Gasteiger partial charge in [-0.15, -0.1) is 0 Å². The number of hydrogen-bond acceptors (Lipinski definition) is 3. The summed E-state index contributed by atoms with van der Waals surface area (Å²) in [6.45, 7) is 4.53. The number of rotatable bonds is 3. The molecule has 0 spiro atoms. The summed E-state index contributed by atoms with van der Waals surface area (Å²) in [6, 6.07) is 1.07. The highest BCUT2D eigenvalue weighted by Crippen LogP contribution is 2.40. The minimum absolute atomic E-state index is 0.230. The lowest BCUT2D eigenvalue weighted by Gasteiger charge is -2.05. The van der Waals surface area contributed by atoms with E-state index in [9.17, 15) is 4.79 Å². The van der Waals surface area contributed by atoms with Crippen molar-refractivity contribution < 1.29 is 14.2 Å². The monoisotopic (exact) mass is 222 g/mol. The summed E-state index contributed by atoms with van der Waals surface area (Å²) in [5.74, 6) is 0.136. The fraction of sp³-hybridized carbons (Fsp3) is 0.667. The zero-order valence-corrected chi connectivity index (χ0v) is 10.1. The number of fused-ring (bicyclic) bond motifs is 1. The lowest BCUT2D eigenvalue weighted by Crippen LogP contribution is -2.18. The summed E-state index contributed by atoms with van der Waals surface area (Å²) >= 11 is 0. The third-order valence-corrected chi connectivity index (χ3v) is 2.81. The molecule has 0 amide bonds. The Hall–Kier alpha value is -1.19. The minimum Gasteiger partial charge on any atom is -0.457 e. The van der Waals surface area contributed by atoms with Crippen molar-refractivity contribution in [1.82, 2.24) is 0 Å². The van der Waals surface area contributed by atoms with Crippen molar-refractivity contribution in [3.8, 4) is 0 Å². The molecule has 87 valence electrons. The second-order valence-electron chi connectivity index (χ2n) is 4.74. The zero-order chi connectivity index (χ0) is 11.7. The average Bonchev–Trinajstić information content (AvgIpc) is 2.73. The SMILES string of the molecule is CC(C)COC(=O)C1=C2CCC[C]2N=[N+]1C. The number of carbonyl (C=O) groups is 1. The molecule has 0 bridgehead atoms. The van der Waals surface area contributed by atoms with Gasteiger partial charge in [-0.1, -0.05) is 18.5 Å². The largest absolute Gasteiger partial charge is 0.457 e. The van der Waals surface area contributed by atoms with Crippen LogP contribution in [0.3, 0.4) is 0 Å². The van der Waals surface area contributed by atoms with Crippen molar-refractivity contribution in [3.05, 3.63) is 17.3 Å². The first-order chi connectivity index (χ1) is 7.59. The molecule has 1 fully saturated rings. The Labute approximate surface area is 96.0 Å². The fourth-order valence-electron chi connectivity index (χ4n) is 2.09. The van der Waals surface area contributed by atoms with Crippen LogP contribution in [0.15, 0.2) is 16.4 Å².